The van der Waals surface area contributed by atoms with Crippen LogP contribution in [0.2, 0.25) is 0 Å². The number of aliphatic hydroxyl groups is 1. The van der Waals surface area contributed by atoms with Crippen molar-refractivity contribution in [3.8, 4) is 28.3 Å². The number of nitrogens with one attached hydrogen (secondary N) is 2. The molecule has 240 valence electrons. The number of methoxy groups -OCH3 is 1. The monoisotopic (exact) mass is 626 g/mol. The predicted molar refractivity (Wildman–Crippen MR) is 173 cm³/mol. The fraction of sp³-hybridized carbons (Fsp3) is 0.382. The van der Waals surface area contributed by atoms with E-state index in [1.165, 1.54) is 19.7 Å². The SMILES string of the molecule is COc1nc(-c2cccc(-c3cccc(NC(=O)c4nn(C)c(=O)n(C)c4=O)c3C)c2C)cc2c1C(NC1CCOCC1O)CC2. The number of aryl methyl sites for hydroxylation is 2. The number of aromatic nitrogens is 4. The lowest BCUT2D eigenvalue weighted by Crippen LogP contribution is -2.47. The Labute approximate surface area is 266 Å². The summed E-state index contributed by atoms with van der Waals surface area (Å²) in [5.74, 6) is -0.122. The van der Waals surface area contributed by atoms with Gasteiger partial charge in [0.25, 0.3) is 11.5 Å². The number of amides is 1. The van der Waals surface area contributed by atoms with E-state index in [2.05, 4.69) is 21.8 Å². The van der Waals surface area contributed by atoms with Gasteiger partial charge in [-0.3, -0.25) is 14.2 Å². The maximum Gasteiger partial charge on any atom is 0.346 e. The molecule has 1 saturated heterocycles. The molecule has 0 bridgehead atoms. The third-order valence-corrected chi connectivity index (χ3v) is 9.11. The number of carbonyl (C=O) groups is 1. The van der Waals surface area contributed by atoms with Gasteiger partial charge in [0.1, 0.15) is 0 Å². The third-order valence-electron chi connectivity index (χ3n) is 9.11. The molecule has 12 heteroatoms. The van der Waals surface area contributed by atoms with E-state index in [4.69, 9.17) is 14.5 Å². The van der Waals surface area contributed by atoms with Crippen molar-refractivity contribution in [1.82, 2.24) is 24.6 Å². The Morgan fingerprint density at radius 2 is 1.76 bits per heavy atom. The van der Waals surface area contributed by atoms with E-state index in [-0.39, 0.29) is 17.8 Å². The lowest BCUT2D eigenvalue weighted by molar-refractivity contribution is -0.0304. The first-order chi connectivity index (χ1) is 22.1. The van der Waals surface area contributed by atoms with Gasteiger partial charge in [-0.25, -0.2) is 14.5 Å². The number of carbonyl (C=O) groups excluding carboxylic acids is 1. The van der Waals surface area contributed by atoms with Gasteiger partial charge in [-0.15, -0.1) is 0 Å². The van der Waals surface area contributed by atoms with Crippen molar-refractivity contribution in [2.45, 2.75) is 51.3 Å². The number of hydrogen-bond donors (Lipinski definition) is 3. The van der Waals surface area contributed by atoms with Gasteiger partial charge in [0.15, 0.2) is 0 Å². The molecule has 0 radical (unpaired) electrons. The highest BCUT2D eigenvalue weighted by molar-refractivity contribution is 6.03. The van der Waals surface area contributed by atoms with E-state index < -0.39 is 23.3 Å². The minimum absolute atomic E-state index is 0.0356. The minimum Gasteiger partial charge on any atom is -0.481 e. The number of ether oxygens (including phenoxy) is 2. The molecular formula is C34H38N6O6. The first-order valence-electron chi connectivity index (χ1n) is 15.3. The van der Waals surface area contributed by atoms with E-state index in [1.54, 1.807) is 13.2 Å². The molecule has 12 nitrogen and oxygen atoms in total. The molecule has 2 aromatic heterocycles. The molecule has 3 heterocycles. The van der Waals surface area contributed by atoms with Crippen LogP contribution in [0.1, 0.15) is 51.6 Å². The van der Waals surface area contributed by atoms with Crippen LogP contribution in [0.3, 0.4) is 0 Å². The molecule has 4 aromatic rings. The van der Waals surface area contributed by atoms with Crippen LogP contribution >= 0.6 is 0 Å². The number of fused-ring (bicyclic) bond motifs is 1. The summed E-state index contributed by atoms with van der Waals surface area (Å²) in [6.07, 6.45) is 1.96. The molecule has 1 fully saturated rings. The second kappa shape index (κ2) is 12.6. The number of hydrogen-bond acceptors (Lipinski definition) is 9. The van der Waals surface area contributed by atoms with Gasteiger partial charge in [-0.2, -0.15) is 5.10 Å². The van der Waals surface area contributed by atoms with Crippen molar-refractivity contribution in [2.24, 2.45) is 14.1 Å². The van der Waals surface area contributed by atoms with Gasteiger partial charge in [0.2, 0.25) is 11.6 Å². The highest BCUT2D eigenvalue weighted by Crippen LogP contribution is 2.41. The highest BCUT2D eigenvalue weighted by atomic mass is 16.5. The molecular weight excluding hydrogens is 588 g/mol. The van der Waals surface area contributed by atoms with E-state index >= 15 is 0 Å². The summed E-state index contributed by atoms with van der Waals surface area (Å²) in [4.78, 5) is 42.7. The summed E-state index contributed by atoms with van der Waals surface area (Å²) in [6, 6.07) is 13.8. The molecule has 1 aliphatic heterocycles. The zero-order valence-electron chi connectivity index (χ0n) is 26.6. The Morgan fingerprint density at radius 1 is 1.04 bits per heavy atom. The van der Waals surface area contributed by atoms with E-state index in [0.29, 0.717) is 24.8 Å². The molecule has 3 atom stereocenters. The number of anilines is 1. The van der Waals surface area contributed by atoms with E-state index in [1.807, 2.05) is 44.2 Å². The number of pyridine rings is 1. The Morgan fingerprint density at radius 3 is 2.50 bits per heavy atom. The lowest BCUT2D eigenvalue weighted by Gasteiger charge is -2.31. The van der Waals surface area contributed by atoms with Gasteiger partial charge in [-0.1, -0.05) is 30.3 Å². The zero-order valence-corrected chi connectivity index (χ0v) is 26.6. The molecule has 2 aliphatic rings. The summed E-state index contributed by atoms with van der Waals surface area (Å²) >= 11 is 0. The Hall–Kier alpha value is -4.65. The number of nitrogens with zero attached hydrogens (tertiary/aromatic N) is 4. The van der Waals surface area contributed by atoms with Crippen molar-refractivity contribution < 1.29 is 19.4 Å². The Kier molecular flexibility index (Phi) is 8.60. The first-order valence-corrected chi connectivity index (χ1v) is 15.3. The smallest absolute Gasteiger partial charge is 0.346 e. The van der Waals surface area contributed by atoms with Crippen molar-refractivity contribution in [3.05, 3.63) is 91.3 Å². The maximum absolute atomic E-state index is 13.1. The molecule has 0 saturated carbocycles. The predicted octanol–water partition coefficient (Wildman–Crippen LogP) is 2.81. The normalized spacial score (nSPS) is 19.1. The highest BCUT2D eigenvalue weighted by Gasteiger charge is 2.33. The summed E-state index contributed by atoms with van der Waals surface area (Å²) in [5, 5.41) is 20.8. The molecule has 2 aromatic carbocycles. The molecule has 46 heavy (non-hydrogen) atoms. The van der Waals surface area contributed by atoms with Crippen LogP contribution in [-0.2, 0) is 25.3 Å². The average molecular weight is 627 g/mol. The van der Waals surface area contributed by atoms with Crippen LogP contribution in [0, 0.1) is 13.8 Å². The standard InChI is InChI=1S/C34H38N6O6/c1-18-21(22-9-7-11-24(19(22)2)36-31(42)30-33(43)39(3)34(44)40(4)38-30)8-6-10-23(18)27-16-20-12-13-26(29(20)32(37-27)45-5)35-25-14-15-46-17-28(25)41/h6-11,16,25-26,28,35,41H,12-15,17H2,1-5H3,(H,36,42). The first kappa shape index (κ1) is 31.3. The van der Waals surface area contributed by atoms with Gasteiger partial charge >= 0.3 is 5.69 Å². The molecule has 1 amide bonds. The minimum atomic E-state index is -0.765. The quantitative estimate of drug-likeness (QED) is 0.282. The number of aliphatic hydroxyl groups excluding tert-OH is 1. The molecule has 0 spiro atoms. The van der Waals surface area contributed by atoms with Crippen molar-refractivity contribution in [1.29, 1.82) is 0 Å². The fourth-order valence-electron chi connectivity index (χ4n) is 6.53. The second-order valence-electron chi connectivity index (χ2n) is 11.9. The van der Waals surface area contributed by atoms with E-state index in [9.17, 15) is 19.5 Å². The molecule has 1 aliphatic carbocycles. The third kappa shape index (κ3) is 5.63. The van der Waals surface area contributed by atoms with Gasteiger partial charge in [-0.05, 0) is 73.1 Å². The molecule has 6 rings (SSSR count). The topological polar surface area (TPSA) is 150 Å². The van der Waals surface area contributed by atoms with Crippen LogP contribution < -0.4 is 26.6 Å². The van der Waals surface area contributed by atoms with Gasteiger partial charge in [0.05, 0.1) is 25.5 Å². The summed E-state index contributed by atoms with van der Waals surface area (Å²) in [7, 11) is 4.33. The van der Waals surface area contributed by atoms with Crippen LogP contribution in [0.5, 0.6) is 5.88 Å². The van der Waals surface area contributed by atoms with E-state index in [0.717, 1.165) is 67.6 Å². The summed E-state index contributed by atoms with van der Waals surface area (Å²) < 4.78 is 13.1. The van der Waals surface area contributed by atoms with Crippen LogP contribution in [0.4, 0.5) is 5.69 Å². The average Bonchev–Trinajstić information content (AvgIpc) is 3.46. The summed E-state index contributed by atoms with van der Waals surface area (Å²) in [5.41, 5.74) is 6.45. The van der Waals surface area contributed by atoms with Crippen LogP contribution in [-0.4, -0.2) is 62.8 Å². The van der Waals surface area contributed by atoms with Crippen molar-refractivity contribution in [2.75, 3.05) is 25.6 Å². The second-order valence-corrected chi connectivity index (χ2v) is 11.9. The van der Waals surface area contributed by atoms with Crippen LogP contribution in [0.15, 0.2) is 52.1 Å². The lowest BCUT2D eigenvalue weighted by atomic mass is 9.91. The maximum atomic E-state index is 13.1. The zero-order chi connectivity index (χ0) is 32.7. The summed E-state index contributed by atoms with van der Waals surface area (Å²) in [6.45, 7) is 4.91. The van der Waals surface area contributed by atoms with Crippen LogP contribution in [0.25, 0.3) is 22.4 Å². The van der Waals surface area contributed by atoms with Gasteiger partial charge in [0, 0.05) is 49.6 Å². The number of rotatable bonds is 7. The molecule has 3 unspecified atom stereocenters. The van der Waals surface area contributed by atoms with Crippen molar-refractivity contribution >= 4 is 11.6 Å². The Bertz CT molecular complexity index is 1950. The molecule has 3 N–H and O–H groups in total. The largest absolute Gasteiger partial charge is 0.481 e. The fourth-order valence-corrected chi connectivity index (χ4v) is 6.53. The number of benzene rings is 2. The van der Waals surface area contributed by atoms with Crippen molar-refractivity contribution in [3.63, 3.8) is 0 Å². The Balaban J connectivity index is 1.31. The van der Waals surface area contributed by atoms with Gasteiger partial charge < -0.3 is 25.2 Å².